The first-order valence-electron chi connectivity index (χ1n) is 12.9. The first kappa shape index (κ1) is 32.8. The van der Waals surface area contributed by atoms with Crippen LogP contribution in [0.3, 0.4) is 0 Å². The molecule has 0 radical (unpaired) electrons. The molecule has 202 valence electrons. The molecule has 2 unspecified atom stereocenters. The Labute approximate surface area is 210 Å². The van der Waals surface area contributed by atoms with Crippen molar-refractivity contribution in [3.8, 4) is 0 Å². The summed E-state index contributed by atoms with van der Waals surface area (Å²) in [4.78, 5) is 24.7. The highest BCUT2D eigenvalue weighted by atomic mass is 16.3. The van der Waals surface area contributed by atoms with Crippen LogP contribution in [0.2, 0.25) is 0 Å². The molecule has 0 fully saturated rings. The summed E-state index contributed by atoms with van der Waals surface area (Å²) in [5.41, 5.74) is 0.143. The predicted molar refractivity (Wildman–Crippen MR) is 141 cm³/mol. The first-order chi connectivity index (χ1) is 15.2. The molecule has 0 saturated heterocycles. The van der Waals surface area contributed by atoms with Crippen LogP contribution in [0.25, 0.3) is 0 Å². The summed E-state index contributed by atoms with van der Waals surface area (Å²) in [5.74, 6) is 0.185. The number of nitrogens with one attached hydrogen (secondary N) is 2. The molecule has 3 N–H and O–H groups in total. The minimum absolute atomic E-state index is 0.0118. The third-order valence-electron chi connectivity index (χ3n) is 5.90. The van der Waals surface area contributed by atoms with Crippen molar-refractivity contribution in [2.45, 2.75) is 53.1 Å². The average Bonchev–Trinajstić information content (AvgIpc) is 2.58. The molecule has 0 rings (SSSR count). The lowest BCUT2D eigenvalue weighted by Gasteiger charge is -2.34. The van der Waals surface area contributed by atoms with Crippen molar-refractivity contribution in [3.63, 3.8) is 0 Å². The number of rotatable bonds is 16. The molecule has 0 spiro atoms. The molecule has 0 aliphatic carbocycles. The summed E-state index contributed by atoms with van der Waals surface area (Å²) < 4.78 is 2.07. The number of likely N-dealkylation sites (N-methyl/N-ethyl adjacent to an activating group) is 3. The third-order valence-corrected chi connectivity index (χ3v) is 5.90. The zero-order chi connectivity index (χ0) is 26.8. The van der Waals surface area contributed by atoms with Crippen molar-refractivity contribution in [3.05, 3.63) is 0 Å². The SMILES string of the molecule is CC(CC(C)(C)C)C(=O)NCCC[N+](C)(C)CC(=O)NCCC[N+](C)(C)CC(O)C[N+](C)(C)C. The van der Waals surface area contributed by atoms with Gasteiger partial charge < -0.3 is 29.2 Å². The summed E-state index contributed by atoms with van der Waals surface area (Å²) in [7, 11) is 14.6. The molecular formula is C26H58N5O3+3. The quantitative estimate of drug-likeness (QED) is 0.226. The van der Waals surface area contributed by atoms with Crippen LogP contribution in [0.4, 0.5) is 0 Å². The molecule has 2 amide bonds. The van der Waals surface area contributed by atoms with Crippen molar-refractivity contribution < 1.29 is 28.1 Å². The van der Waals surface area contributed by atoms with Crippen molar-refractivity contribution in [1.82, 2.24) is 10.6 Å². The summed E-state index contributed by atoms with van der Waals surface area (Å²) in [6, 6.07) is 0. The molecule has 0 aromatic heterocycles. The van der Waals surface area contributed by atoms with Gasteiger partial charge in [0, 0.05) is 31.8 Å². The van der Waals surface area contributed by atoms with Gasteiger partial charge >= 0.3 is 0 Å². The zero-order valence-electron chi connectivity index (χ0n) is 24.3. The van der Waals surface area contributed by atoms with E-state index in [0.29, 0.717) is 30.7 Å². The molecule has 0 saturated carbocycles. The largest absolute Gasteiger partial charge is 0.382 e. The lowest BCUT2D eigenvalue weighted by molar-refractivity contribution is -0.907. The summed E-state index contributed by atoms with van der Waals surface area (Å²) in [6.45, 7) is 13.3. The van der Waals surface area contributed by atoms with E-state index in [1.165, 1.54) is 0 Å². The Bertz CT molecular complexity index is 621. The number of nitrogens with zero attached hydrogens (tertiary/aromatic N) is 3. The lowest BCUT2D eigenvalue weighted by atomic mass is 9.85. The van der Waals surface area contributed by atoms with Crippen LogP contribution < -0.4 is 10.6 Å². The molecule has 8 nitrogen and oxygen atoms in total. The zero-order valence-corrected chi connectivity index (χ0v) is 24.3. The smallest absolute Gasteiger partial charge is 0.275 e. The highest BCUT2D eigenvalue weighted by Gasteiger charge is 2.25. The summed E-state index contributed by atoms with van der Waals surface area (Å²) in [5, 5.41) is 16.4. The number of aliphatic hydroxyl groups is 1. The molecule has 0 aliphatic heterocycles. The van der Waals surface area contributed by atoms with Gasteiger partial charge in [-0.1, -0.05) is 27.7 Å². The van der Waals surface area contributed by atoms with E-state index in [2.05, 4.69) is 80.7 Å². The van der Waals surface area contributed by atoms with Gasteiger partial charge in [0.05, 0.1) is 62.4 Å². The van der Waals surface area contributed by atoms with Crippen LogP contribution >= 0.6 is 0 Å². The van der Waals surface area contributed by atoms with Gasteiger partial charge in [-0.15, -0.1) is 0 Å². The van der Waals surface area contributed by atoms with E-state index in [0.717, 1.165) is 47.9 Å². The monoisotopic (exact) mass is 488 g/mol. The third kappa shape index (κ3) is 18.2. The second kappa shape index (κ2) is 13.8. The highest BCUT2D eigenvalue weighted by Crippen LogP contribution is 2.24. The van der Waals surface area contributed by atoms with E-state index in [1.807, 2.05) is 6.92 Å². The normalized spacial score (nSPS) is 15.1. The van der Waals surface area contributed by atoms with Crippen molar-refractivity contribution in [1.29, 1.82) is 0 Å². The predicted octanol–water partition coefficient (Wildman–Crippen LogP) is 1.29. The molecule has 0 aromatic carbocycles. The number of hydrogen-bond donors (Lipinski definition) is 3. The molecule has 0 heterocycles. The Morgan fingerprint density at radius 3 is 1.82 bits per heavy atom. The van der Waals surface area contributed by atoms with Gasteiger partial charge in [-0.25, -0.2) is 0 Å². The minimum atomic E-state index is -0.339. The molecule has 2 atom stereocenters. The highest BCUT2D eigenvalue weighted by molar-refractivity contribution is 5.78. The van der Waals surface area contributed by atoms with Crippen LogP contribution in [0.5, 0.6) is 0 Å². The van der Waals surface area contributed by atoms with Crippen LogP contribution in [0.1, 0.15) is 47.0 Å². The Morgan fingerprint density at radius 2 is 1.32 bits per heavy atom. The second-order valence-corrected chi connectivity index (χ2v) is 13.8. The minimum Gasteiger partial charge on any atom is -0.382 e. The standard InChI is InChI=1S/C26H56N5O3/c1-22(18-26(2,3)4)25(34)28-15-13-17-31(10,11)21-24(33)27-14-12-16-30(8,9)20-23(32)19-29(5,6)7/h22-23,32H,12-21H2,1-11H3/q+1/p+2. The van der Waals surface area contributed by atoms with E-state index < -0.39 is 0 Å². The average molecular weight is 489 g/mol. The fraction of sp³-hybridized carbons (Fsp3) is 0.923. The van der Waals surface area contributed by atoms with E-state index in [1.54, 1.807) is 0 Å². The van der Waals surface area contributed by atoms with Gasteiger partial charge in [0.15, 0.2) is 12.6 Å². The molecule has 8 heteroatoms. The van der Waals surface area contributed by atoms with Gasteiger partial charge in [0.25, 0.3) is 5.91 Å². The topological polar surface area (TPSA) is 78.4 Å². The lowest BCUT2D eigenvalue weighted by Crippen LogP contribution is -2.52. The van der Waals surface area contributed by atoms with Crippen LogP contribution in [0.15, 0.2) is 0 Å². The van der Waals surface area contributed by atoms with Gasteiger partial charge in [-0.3, -0.25) is 9.59 Å². The fourth-order valence-electron chi connectivity index (χ4n) is 4.51. The van der Waals surface area contributed by atoms with Gasteiger partial charge in [-0.05, 0) is 11.8 Å². The Hall–Kier alpha value is -1.22. The first-order valence-corrected chi connectivity index (χ1v) is 12.9. The second-order valence-electron chi connectivity index (χ2n) is 13.8. The fourth-order valence-corrected chi connectivity index (χ4v) is 4.51. The number of amides is 2. The van der Waals surface area contributed by atoms with E-state index >= 15 is 0 Å². The molecular weight excluding hydrogens is 430 g/mol. The maximum atomic E-state index is 12.4. The summed E-state index contributed by atoms with van der Waals surface area (Å²) >= 11 is 0. The number of quaternary nitrogens is 3. The van der Waals surface area contributed by atoms with Crippen LogP contribution in [-0.4, -0.2) is 132 Å². The maximum absolute atomic E-state index is 12.4. The van der Waals surface area contributed by atoms with Gasteiger partial charge in [-0.2, -0.15) is 0 Å². The number of carbonyl (C=O) groups excluding carboxylic acids is 2. The van der Waals surface area contributed by atoms with E-state index in [4.69, 9.17) is 0 Å². The van der Waals surface area contributed by atoms with E-state index in [-0.39, 0.29) is 29.3 Å². The summed E-state index contributed by atoms with van der Waals surface area (Å²) in [6.07, 6.45) is 2.25. The van der Waals surface area contributed by atoms with Crippen LogP contribution in [0, 0.1) is 11.3 Å². The molecule has 34 heavy (non-hydrogen) atoms. The molecule has 0 aliphatic rings. The van der Waals surface area contributed by atoms with Crippen molar-refractivity contribution in [2.75, 3.05) is 95.1 Å². The van der Waals surface area contributed by atoms with Crippen LogP contribution in [-0.2, 0) is 9.59 Å². The number of hydrogen-bond acceptors (Lipinski definition) is 3. The Morgan fingerprint density at radius 1 is 0.824 bits per heavy atom. The number of carbonyl (C=O) groups is 2. The molecule has 0 aromatic rings. The Kier molecular flexibility index (Phi) is 13.3. The number of aliphatic hydroxyl groups excluding tert-OH is 1. The maximum Gasteiger partial charge on any atom is 0.275 e. The van der Waals surface area contributed by atoms with E-state index in [9.17, 15) is 14.7 Å². The van der Waals surface area contributed by atoms with Gasteiger partial charge in [0.2, 0.25) is 5.91 Å². The molecule has 0 bridgehead atoms. The Balaban J connectivity index is 4.17. The van der Waals surface area contributed by atoms with Gasteiger partial charge in [0.1, 0.15) is 13.1 Å². The van der Waals surface area contributed by atoms with Crippen molar-refractivity contribution in [2.24, 2.45) is 11.3 Å². The van der Waals surface area contributed by atoms with Crippen molar-refractivity contribution >= 4 is 11.8 Å².